The minimum Gasteiger partial charge on any atom is -0.503 e. The first kappa shape index (κ1) is 16.9. The molecule has 0 saturated heterocycles. The van der Waals surface area contributed by atoms with Crippen molar-refractivity contribution in [3.63, 3.8) is 0 Å². The van der Waals surface area contributed by atoms with Crippen molar-refractivity contribution in [2.24, 2.45) is 0 Å². The van der Waals surface area contributed by atoms with Crippen LogP contribution in [0.4, 0.5) is 0 Å². The molecule has 0 bridgehead atoms. The third-order valence-corrected chi connectivity index (χ3v) is 4.57. The number of pyridine rings is 1. The largest absolute Gasteiger partial charge is 0.503 e. The maximum absolute atomic E-state index is 11.1. The van der Waals surface area contributed by atoms with Crippen molar-refractivity contribution in [2.45, 2.75) is 11.3 Å². The Balaban J connectivity index is 1.55. The topological polar surface area (TPSA) is 53.1 Å². The molecule has 4 heteroatoms. The van der Waals surface area contributed by atoms with Gasteiger partial charge in [-0.3, -0.25) is 4.79 Å². The average molecular weight is 347 g/mol. The molecule has 3 rings (SSSR count). The van der Waals surface area contributed by atoms with Crippen LogP contribution in [0.5, 0.6) is 5.75 Å². The Labute approximate surface area is 150 Å². The standard InChI is InChI=1S/C21H17NO2S/c23-20-14-19(15-22-21(20)24)25-13-12-18-10-8-17(9-11-18)7-6-16-4-2-1-3-5-16/h1-5,8-11,14-15,23H,12-13H2,(H,22,24). The Morgan fingerprint density at radius 2 is 1.64 bits per heavy atom. The normalized spacial score (nSPS) is 10.1. The van der Waals surface area contributed by atoms with Gasteiger partial charge in [0.05, 0.1) is 0 Å². The van der Waals surface area contributed by atoms with Crippen LogP contribution in [0.25, 0.3) is 0 Å². The second kappa shape index (κ2) is 8.27. The Morgan fingerprint density at radius 3 is 2.32 bits per heavy atom. The van der Waals surface area contributed by atoms with Crippen molar-refractivity contribution in [3.05, 3.63) is 93.9 Å². The van der Waals surface area contributed by atoms with Crippen molar-refractivity contribution in [1.82, 2.24) is 4.98 Å². The van der Waals surface area contributed by atoms with Gasteiger partial charge in [0.25, 0.3) is 5.56 Å². The van der Waals surface area contributed by atoms with Gasteiger partial charge in [-0.1, -0.05) is 42.2 Å². The van der Waals surface area contributed by atoms with E-state index in [-0.39, 0.29) is 5.75 Å². The first-order valence-electron chi connectivity index (χ1n) is 7.91. The molecule has 2 N–H and O–H groups in total. The van der Waals surface area contributed by atoms with Crippen LogP contribution in [0.1, 0.15) is 16.7 Å². The SMILES string of the molecule is O=c1[nH]cc(SCCc2ccc(C#Cc3ccccc3)cc2)cc1O. The molecule has 3 aromatic rings. The van der Waals surface area contributed by atoms with Gasteiger partial charge in [0.1, 0.15) is 0 Å². The van der Waals surface area contributed by atoms with Gasteiger partial charge >= 0.3 is 0 Å². The number of thioether (sulfide) groups is 1. The van der Waals surface area contributed by atoms with Crippen LogP contribution in [-0.4, -0.2) is 15.8 Å². The average Bonchev–Trinajstić information content (AvgIpc) is 2.65. The summed E-state index contributed by atoms with van der Waals surface area (Å²) in [5.74, 6) is 6.93. The molecule has 0 aliphatic carbocycles. The summed E-state index contributed by atoms with van der Waals surface area (Å²) < 4.78 is 0. The van der Waals surface area contributed by atoms with E-state index < -0.39 is 5.56 Å². The van der Waals surface area contributed by atoms with E-state index in [9.17, 15) is 9.90 Å². The fraction of sp³-hybridized carbons (Fsp3) is 0.0952. The lowest BCUT2D eigenvalue weighted by Gasteiger charge is -2.03. The van der Waals surface area contributed by atoms with E-state index in [1.54, 1.807) is 18.0 Å². The zero-order chi connectivity index (χ0) is 17.5. The first-order chi connectivity index (χ1) is 12.2. The summed E-state index contributed by atoms with van der Waals surface area (Å²) in [6.45, 7) is 0. The summed E-state index contributed by atoms with van der Waals surface area (Å²) in [7, 11) is 0. The monoisotopic (exact) mass is 347 g/mol. The number of hydrogen-bond acceptors (Lipinski definition) is 3. The van der Waals surface area contributed by atoms with E-state index in [0.717, 1.165) is 28.2 Å². The molecule has 0 atom stereocenters. The summed E-state index contributed by atoms with van der Waals surface area (Å²) in [6, 6.07) is 19.6. The molecule has 0 radical (unpaired) electrons. The number of H-pyrrole nitrogens is 1. The van der Waals surface area contributed by atoms with Gasteiger partial charge in [-0.05, 0) is 36.2 Å². The van der Waals surface area contributed by atoms with Crippen molar-refractivity contribution in [2.75, 3.05) is 5.75 Å². The molecular weight excluding hydrogens is 330 g/mol. The summed E-state index contributed by atoms with van der Waals surface area (Å²) in [6.07, 6.45) is 2.52. The Bertz CT molecular complexity index is 951. The minimum absolute atomic E-state index is 0.244. The summed E-state index contributed by atoms with van der Waals surface area (Å²) >= 11 is 1.59. The van der Waals surface area contributed by atoms with E-state index in [2.05, 4.69) is 29.0 Å². The van der Waals surface area contributed by atoms with Crippen LogP contribution in [0.15, 0.2) is 76.6 Å². The third kappa shape index (κ3) is 5.03. The molecular formula is C21H17NO2S. The lowest BCUT2D eigenvalue weighted by molar-refractivity contribution is 0.464. The van der Waals surface area contributed by atoms with Crippen LogP contribution < -0.4 is 5.56 Å². The molecule has 0 aliphatic heterocycles. The number of aryl methyl sites for hydroxylation is 1. The van der Waals surface area contributed by atoms with E-state index in [1.807, 2.05) is 42.5 Å². The van der Waals surface area contributed by atoms with Crippen LogP contribution in [0, 0.1) is 11.8 Å². The van der Waals surface area contributed by atoms with Gasteiger partial charge in [0, 0.05) is 34.0 Å². The second-order valence-corrected chi connectivity index (χ2v) is 6.63. The molecule has 1 heterocycles. The highest BCUT2D eigenvalue weighted by molar-refractivity contribution is 7.99. The molecule has 25 heavy (non-hydrogen) atoms. The predicted octanol–water partition coefficient (Wildman–Crippen LogP) is 3.82. The third-order valence-electron chi connectivity index (χ3n) is 3.60. The van der Waals surface area contributed by atoms with Crippen molar-refractivity contribution in [1.29, 1.82) is 0 Å². The number of aromatic nitrogens is 1. The molecule has 0 aliphatic rings. The van der Waals surface area contributed by atoms with Crippen LogP contribution >= 0.6 is 11.8 Å². The number of nitrogens with one attached hydrogen (secondary N) is 1. The van der Waals surface area contributed by atoms with Gasteiger partial charge < -0.3 is 10.1 Å². The van der Waals surface area contributed by atoms with E-state index in [0.29, 0.717) is 0 Å². The molecule has 1 aromatic heterocycles. The predicted molar refractivity (Wildman–Crippen MR) is 102 cm³/mol. The van der Waals surface area contributed by atoms with Crippen LogP contribution in [0.3, 0.4) is 0 Å². The summed E-state index contributed by atoms with van der Waals surface area (Å²) in [5, 5.41) is 9.41. The zero-order valence-corrected chi connectivity index (χ0v) is 14.3. The number of rotatable bonds is 4. The fourth-order valence-electron chi connectivity index (χ4n) is 2.24. The zero-order valence-electron chi connectivity index (χ0n) is 13.5. The fourth-order valence-corrected chi connectivity index (χ4v) is 3.15. The highest BCUT2D eigenvalue weighted by atomic mass is 32.2. The molecule has 0 spiro atoms. The van der Waals surface area contributed by atoms with E-state index in [1.165, 1.54) is 11.6 Å². The van der Waals surface area contributed by atoms with Crippen molar-refractivity contribution < 1.29 is 5.11 Å². The van der Waals surface area contributed by atoms with Gasteiger partial charge in [-0.2, -0.15) is 0 Å². The minimum atomic E-state index is -0.462. The molecule has 0 fully saturated rings. The highest BCUT2D eigenvalue weighted by Crippen LogP contribution is 2.20. The summed E-state index contributed by atoms with van der Waals surface area (Å²) in [4.78, 5) is 14.5. The van der Waals surface area contributed by atoms with Crippen molar-refractivity contribution >= 4 is 11.8 Å². The Kier molecular flexibility index (Phi) is 5.61. The summed E-state index contributed by atoms with van der Waals surface area (Å²) in [5.41, 5.74) is 2.76. The van der Waals surface area contributed by atoms with Crippen LogP contribution in [0.2, 0.25) is 0 Å². The quantitative estimate of drug-likeness (QED) is 0.557. The smallest absolute Gasteiger partial charge is 0.290 e. The Morgan fingerprint density at radius 1 is 0.960 bits per heavy atom. The van der Waals surface area contributed by atoms with E-state index in [4.69, 9.17) is 0 Å². The van der Waals surface area contributed by atoms with Crippen molar-refractivity contribution in [3.8, 4) is 17.6 Å². The van der Waals surface area contributed by atoms with Gasteiger partial charge in [0.2, 0.25) is 0 Å². The maximum Gasteiger partial charge on any atom is 0.290 e. The van der Waals surface area contributed by atoms with Gasteiger partial charge in [-0.25, -0.2) is 0 Å². The lowest BCUT2D eigenvalue weighted by atomic mass is 10.1. The number of aromatic amines is 1. The first-order valence-corrected chi connectivity index (χ1v) is 8.90. The number of aromatic hydroxyl groups is 1. The Hall–Kier alpha value is -2.90. The second-order valence-electron chi connectivity index (χ2n) is 5.46. The molecule has 0 unspecified atom stereocenters. The lowest BCUT2D eigenvalue weighted by Crippen LogP contribution is -2.03. The molecule has 0 saturated carbocycles. The van der Waals surface area contributed by atoms with Gasteiger partial charge in [0.15, 0.2) is 5.75 Å². The maximum atomic E-state index is 11.1. The van der Waals surface area contributed by atoms with Crippen LogP contribution in [-0.2, 0) is 6.42 Å². The van der Waals surface area contributed by atoms with E-state index >= 15 is 0 Å². The molecule has 2 aromatic carbocycles. The molecule has 3 nitrogen and oxygen atoms in total. The van der Waals surface area contributed by atoms with Gasteiger partial charge in [-0.15, -0.1) is 11.8 Å². The number of hydrogen-bond donors (Lipinski definition) is 2. The molecule has 0 amide bonds. The highest BCUT2D eigenvalue weighted by Gasteiger charge is 2.01. The number of benzene rings is 2. The molecule has 124 valence electrons.